The molecule has 1 heterocycles. The summed E-state index contributed by atoms with van der Waals surface area (Å²) < 4.78 is 0. The van der Waals surface area contributed by atoms with Gasteiger partial charge in [-0.15, -0.1) is 23.1 Å². The second-order valence-electron chi connectivity index (χ2n) is 3.77. The molecule has 0 aliphatic carbocycles. The summed E-state index contributed by atoms with van der Waals surface area (Å²) in [4.78, 5) is 12.5. The highest BCUT2D eigenvalue weighted by Gasteiger charge is 2.11. The number of nitrogens with zero attached hydrogens (tertiary/aromatic N) is 1. The number of nitriles is 1. The molecule has 1 aromatic heterocycles. The Hall–Kier alpha value is -1.68. The normalized spacial score (nSPS) is 10.0. The van der Waals surface area contributed by atoms with Crippen LogP contribution in [0.2, 0.25) is 5.02 Å². The van der Waals surface area contributed by atoms with Gasteiger partial charge in [0.15, 0.2) is 0 Å². The number of benzene rings is 1. The number of anilines is 2. The summed E-state index contributed by atoms with van der Waals surface area (Å²) in [5.74, 6) is -0.0234. The number of rotatable bonds is 4. The van der Waals surface area contributed by atoms with Crippen LogP contribution in [0, 0.1) is 11.3 Å². The zero-order chi connectivity index (χ0) is 14.5. The van der Waals surface area contributed by atoms with E-state index in [1.807, 2.05) is 6.07 Å². The first-order chi connectivity index (χ1) is 9.61. The van der Waals surface area contributed by atoms with Gasteiger partial charge in [0.1, 0.15) is 11.1 Å². The molecule has 0 spiro atoms. The molecule has 0 radical (unpaired) electrons. The van der Waals surface area contributed by atoms with Crippen molar-refractivity contribution in [3.05, 3.63) is 40.2 Å². The van der Waals surface area contributed by atoms with E-state index in [0.29, 0.717) is 26.2 Å². The van der Waals surface area contributed by atoms with Crippen molar-refractivity contribution in [1.29, 1.82) is 5.26 Å². The molecule has 3 N–H and O–H groups in total. The van der Waals surface area contributed by atoms with Crippen LogP contribution in [0.4, 0.5) is 10.7 Å². The maximum absolute atomic E-state index is 11.9. The first-order valence-corrected chi connectivity index (χ1v) is 7.80. The number of carbonyl (C=O) groups excluding carboxylic acids is 1. The van der Waals surface area contributed by atoms with Crippen LogP contribution in [0.5, 0.6) is 0 Å². The summed E-state index contributed by atoms with van der Waals surface area (Å²) in [6, 6.07) is 8.91. The molecule has 0 aliphatic heterocycles. The second-order valence-corrected chi connectivity index (χ2v) is 6.08. The summed E-state index contributed by atoms with van der Waals surface area (Å²) >= 11 is 8.62. The van der Waals surface area contributed by atoms with Crippen LogP contribution < -0.4 is 11.1 Å². The van der Waals surface area contributed by atoms with E-state index in [9.17, 15) is 4.79 Å². The van der Waals surface area contributed by atoms with Crippen molar-refractivity contribution in [1.82, 2.24) is 0 Å². The minimum absolute atomic E-state index is 0.177. The van der Waals surface area contributed by atoms with E-state index < -0.39 is 0 Å². The molecule has 0 saturated carbocycles. The summed E-state index contributed by atoms with van der Waals surface area (Å²) in [7, 11) is 0. The molecule has 0 atom stereocenters. The number of carbonyl (C=O) groups is 1. The topological polar surface area (TPSA) is 78.9 Å². The van der Waals surface area contributed by atoms with Gasteiger partial charge in [0, 0.05) is 10.6 Å². The fraction of sp³-hybridized carbons (Fsp3) is 0.0769. The van der Waals surface area contributed by atoms with Gasteiger partial charge in [0.25, 0.3) is 0 Å². The molecule has 4 nitrogen and oxygen atoms in total. The molecule has 0 saturated heterocycles. The number of nitrogens with two attached hydrogens (primary N) is 1. The van der Waals surface area contributed by atoms with E-state index in [1.165, 1.54) is 23.1 Å². The summed E-state index contributed by atoms with van der Waals surface area (Å²) in [5, 5.41) is 14.4. The van der Waals surface area contributed by atoms with Gasteiger partial charge in [-0.05, 0) is 23.6 Å². The highest BCUT2D eigenvalue weighted by Crippen LogP contribution is 2.32. The minimum atomic E-state index is -0.201. The average molecular weight is 324 g/mol. The largest absolute Gasteiger partial charge is 0.398 e. The van der Waals surface area contributed by atoms with E-state index in [-0.39, 0.29) is 11.7 Å². The van der Waals surface area contributed by atoms with E-state index in [2.05, 4.69) is 5.32 Å². The van der Waals surface area contributed by atoms with Crippen LogP contribution in [0.1, 0.15) is 5.56 Å². The maximum Gasteiger partial charge on any atom is 0.235 e. The molecule has 0 aliphatic rings. The second kappa shape index (κ2) is 6.66. The Morgan fingerprint density at radius 2 is 2.30 bits per heavy atom. The smallest absolute Gasteiger partial charge is 0.235 e. The maximum atomic E-state index is 11.9. The molecule has 2 rings (SSSR count). The van der Waals surface area contributed by atoms with E-state index >= 15 is 0 Å². The van der Waals surface area contributed by atoms with Crippen LogP contribution in [0.15, 0.2) is 34.5 Å². The van der Waals surface area contributed by atoms with E-state index in [1.54, 1.807) is 29.6 Å². The zero-order valence-electron chi connectivity index (χ0n) is 10.2. The van der Waals surface area contributed by atoms with Crippen molar-refractivity contribution < 1.29 is 4.79 Å². The molecule has 102 valence electrons. The Kier molecular flexibility index (Phi) is 4.90. The van der Waals surface area contributed by atoms with Gasteiger partial charge in [0.05, 0.1) is 16.3 Å². The van der Waals surface area contributed by atoms with Gasteiger partial charge in [-0.2, -0.15) is 5.26 Å². The van der Waals surface area contributed by atoms with E-state index in [4.69, 9.17) is 22.6 Å². The molecule has 1 amide bonds. The van der Waals surface area contributed by atoms with Crippen molar-refractivity contribution in [2.75, 3.05) is 16.8 Å². The third kappa shape index (κ3) is 3.45. The Morgan fingerprint density at radius 1 is 1.50 bits per heavy atom. The lowest BCUT2D eigenvalue weighted by molar-refractivity contribution is -0.113. The Morgan fingerprint density at radius 3 is 3.00 bits per heavy atom. The number of amides is 1. The van der Waals surface area contributed by atoms with Crippen LogP contribution in [-0.2, 0) is 4.79 Å². The number of halogens is 1. The van der Waals surface area contributed by atoms with Crippen LogP contribution in [0.3, 0.4) is 0 Å². The van der Waals surface area contributed by atoms with Crippen molar-refractivity contribution in [3.63, 3.8) is 0 Å². The molecule has 20 heavy (non-hydrogen) atoms. The van der Waals surface area contributed by atoms with Crippen molar-refractivity contribution in [2.45, 2.75) is 4.90 Å². The predicted molar refractivity (Wildman–Crippen MR) is 84.3 cm³/mol. The number of nitrogens with one attached hydrogen (secondary N) is 1. The third-order valence-electron chi connectivity index (χ3n) is 2.38. The minimum Gasteiger partial charge on any atom is -0.398 e. The highest BCUT2D eigenvalue weighted by atomic mass is 35.5. The van der Waals surface area contributed by atoms with Crippen LogP contribution in [0.25, 0.3) is 0 Å². The van der Waals surface area contributed by atoms with Crippen molar-refractivity contribution >= 4 is 51.3 Å². The van der Waals surface area contributed by atoms with Gasteiger partial charge in [-0.1, -0.05) is 17.7 Å². The zero-order valence-corrected chi connectivity index (χ0v) is 12.6. The number of nitrogen functional groups attached to an aromatic ring is 1. The highest BCUT2D eigenvalue weighted by molar-refractivity contribution is 8.00. The summed E-state index contributed by atoms with van der Waals surface area (Å²) in [6.45, 7) is 0. The molecular weight excluding hydrogens is 314 g/mol. The third-order valence-corrected chi connectivity index (χ3v) is 4.79. The van der Waals surface area contributed by atoms with Gasteiger partial charge in [0.2, 0.25) is 5.91 Å². The fourth-order valence-electron chi connectivity index (χ4n) is 1.47. The molecule has 2 aromatic rings. The Balaban J connectivity index is 1.98. The fourth-order valence-corrected chi connectivity index (χ4v) is 3.36. The SMILES string of the molecule is N#Cc1ccsc1NC(=O)CSc1c(N)cccc1Cl. The van der Waals surface area contributed by atoms with Crippen LogP contribution >= 0.6 is 34.7 Å². The molecule has 0 unspecified atom stereocenters. The van der Waals surface area contributed by atoms with E-state index in [0.717, 1.165) is 0 Å². The number of hydrogen-bond acceptors (Lipinski definition) is 5. The van der Waals surface area contributed by atoms with Gasteiger partial charge in [-0.25, -0.2) is 0 Å². The van der Waals surface area contributed by atoms with Crippen molar-refractivity contribution in [3.8, 4) is 6.07 Å². The van der Waals surface area contributed by atoms with Crippen molar-refractivity contribution in [2.24, 2.45) is 0 Å². The monoisotopic (exact) mass is 323 g/mol. The quantitative estimate of drug-likeness (QED) is 0.665. The number of thiophene rings is 1. The molecule has 0 bridgehead atoms. The Labute approximate surface area is 129 Å². The van der Waals surface area contributed by atoms with Gasteiger partial charge in [-0.3, -0.25) is 4.79 Å². The lowest BCUT2D eigenvalue weighted by atomic mass is 10.3. The lowest BCUT2D eigenvalue weighted by Crippen LogP contribution is -2.13. The van der Waals surface area contributed by atoms with Crippen LogP contribution in [-0.4, -0.2) is 11.7 Å². The lowest BCUT2D eigenvalue weighted by Gasteiger charge is -2.07. The average Bonchev–Trinajstić information content (AvgIpc) is 2.85. The number of thioether (sulfide) groups is 1. The standard InChI is InChI=1S/C13H10ClN3OS2/c14-9-2-1-3-10(16)12(9)20-7-11(18)17-13-8(6-15)4-5-19-13/h1-5H,7,16H2,(H,17,18). The summed E-state index contributed by atoms with van der Waals surface area (Å²) in [5.41, 5.74) is 6.82. The van der Waals surface area contributed by atoms with Gasteiger partial charge < -0.3 is 11.1 Å². The molecular formula is C13H10ClN3OS2. The predicted octanol–water partition coefficient (Wildman–Crippen LogP) is 3.59. The number of hydrogen-bond donors (Lipinski definition) is 2. The molecule has 1 aromatic carbocycles. The molecule has 0 fully saturated rings. The molecule has 7 heteroatoms. The first kappa shape index (κ1) is 14.7. The Bertz CT molecular complexity index is 658. The first-order valence-electron chi connectivity index (χ1n) is 5.56. The summed E-state index contributed by atoms with van der Waals surface area (Å²) in [6.07, 6.45) is 0. The van der Waals surface area contributed by atoms with Gasteiger partial charge >= 0.3 is 0 Å².